The third kappa shape index (κ3) is 2.42. The topological polar surface area (TPSA) is 83.9 Å². The highest BCUT2D eigenvalue weighted by atomic mass is 32.2. The second-order valence-electron chi connectivity index (χ2n) is 7.01. The maximum Gasteiger partial charge on any atom is 0.303 e. The van der Waals surface area contributed by atoms with Crippen molar-refractivity contribution >= 4 is 16.0 Å². The molecular weight excluding hydrogens is 318 g/mol. The van der Waals surface area contributed by atoms with Crippen molar-refractivity contribution in [1.82, 2.24) is 4.31 Å². The minimum absolute atomic E-state index is 0.0143. The van der Waals surface area contributed by atoms with Crippen LogP contribution in [0.2, 0.25) is 0 Å². The average molecular weight is 337 g/mol. The number of carboxylic acids is 1. The average Bonchev–Trinajstić information content (AvgIpc) is 2.86. The summed E-state index contributed by atoms with van der Waals surface area (Å²) in [7, 11) is -3.47. The number of aliphatic carboxylic acids is 1. The van der Waals surface area contributed by atoms with Gasteiger partial charge in [0.2, 0.25) is 10.0 Å². The van der Waals surface area contributed by atoms with E-state index in [0.29, 0.717) is 25.4 Å². The van der Waals surface area contributed by atoms with Crippen molar-refractivity contribution in [3.63, 3.8) is 0 Å². The van der Waals surface area contributed by atoms with Gasteiger partial charge < -0.3 is 9.84 Å². The number of rotatable bonds is 4. The number of carbonyl (C=O) groups is 1. The molecular formula is C16H19NO5S. The maximum atomic E-state index is 12.7. The highest BCUT2D eigenvalue weighted by Gasteiger charge is 2.55. The number of hydrogen-bond donors (Lipinski definition) is 1. The first-order valence-electron chi connectivity index (χ1n) is 7.86. The Morgan fingerprint density at radius 2 is 2.09 bits per heavy atom. The lowest BCUT2D eigenvalue weighted by molar-refractivity contribution is -0.142. The maximum absolute atomic E-state index is 12.7. The van der Waals surface area contributed by atoms with Gasteiger partial charge >= 0.3 is 5.97 Å². The molecule has 3 aliphatic rings. The zero-order chi connectivity index (χ0) is 16.2. The lowest BCUT2D eigenvalue weighted by Gasteiger charge is -2.58. The summed E-state index contributed by atoms with van der Waals surface area (Å²) in [6, 6.07) is 5.11. The van der Waals surface area contributed by atoms with Crippen LogP contribution in [0, 0.1) is 11.3 Å². The number of hydrogen-bond acceptors (Lipinski definition) is 4. The first-order chi connectivity index (χ1) is 10.9. The van der Waals surface area contributed by atoms with Crippen LogP contribution in [0.5, 0.6) is 5.75 Å². The Morgan fingerprint density at radius 1 is 1.35 bits per heavy atom. The van der Waals surface area contributed by atoms with Crippen LogP contribution in [-0.2, 0) is 21.2 Å². The lowest BCUT2D eigenvalue weighted by atomic mass is 9.58. The molecule has 0 radical (unpaired) electrons. The summed E-state index contributed by atoms with van der Waals surface area (Å²) in [6.45, 7) is 1.61. The van der Waals surface area contributed by atoms with E-state index in [4.69, 9.17) is 9.84 Å². The lowest BCUT2D eigenvalue weighted by Crippen LogP contribution is -2.63. The van der Waals surface area contributed by atoms with E-state index in [1.165, 1.54) is 4.31 Å². The second kappa shape index (κ2) is 4.95. The SMILES string of the molecule is O=C(O)CC1CC2(C1)CN(S(=O)(=O)c1ccc3c(c1)OCC3)C2. The van der Waals surface area contributed by atoms with Gasteiger partial charge in [0, 0.05) is 32.0 Å². The van der Waals surface area contributed by atoms with Gasteiger partial charge in [0.1, 0.15) is 5.75 Å². The molecule has 7 heteroatoms. The Hall–Kier alpha value is -1.60. The van der Waals surface area contributed by atoms with Gasteiger partial charge in [-0.2, -0.15) is 4.31 Å². The van der Waals surface area contributed by atoms with E-state index in [1.807, 2.05) is 6.07 Å². The minimum atomic E-state index is -3.47. The molecule has 23 heavy (non-hydrogen) atoms. The van der Waals surface area contributed by atoms with Crippen molar-refractivity contribution in [2.24, 2.45) is 11.3 Å². The summed E-state index contributed by atoms with van der Waals surface area (Å²) in [5, 5.41) is 8.80. The Labute approximate surface area is 135 Å². The van der Waals surface area contributed by atoms with Crippen LogP contribution in [0.1, 0.15) is 24.8 Å². The molecule has 2 fully saturated rings. The minimum Gasteiger partial charge on any atom is -0.493 e. The van der Waals surface area contributed by atoms with Crippen LogP contribution in [-0.4, -0.2) is 43.5 Å². The van der Waals surface area contributed by atoms with Gasteiger partial charge in [0.05, 0.1) is 11.5 Å². The molecule has 6 nitrogen and oxygen atoms in total. The Bertz CT molecular complexity index is 759. The van der Waals surface area contributed by atoms with E-state index in [9.17, 15) is 13.2 Å². The molecule has 0 bridgehead atoms. The van der Waals surface area contributed by atoms with E-state index in [0.717, 1.165) is 24.8 Å². The number of fused-ring (bicyclic) bond motifs is 1. The standard InChI is InChI=1S/C16H19NO5S/c18-15(19)5-11-7-16(8-11)9-17(10-16)23(20,21)13-2-1-12-3-4-22-14(12)6-13/h1-2,6,11H,3-5,7-10H2,(H,18,19). The Kier molecular flexibility index (Phi) is 3.22. The summed E-state index contributed by atoms with van der Waals surface area (Å²) in [6.07, 6.45) is 2.65. The van der Waals surface area contributed by atoms with Crippen molar-refractivity contribution in [1.29, 1.82) is 0 Å². The van der Waals surface area contributed by atoms with E-state index >= 15 is 0 Å². The van der Waals surface area contributed by atoms with Crippen LogP contribution in [0.3, 0.4) is 0 Å². The number of carboxylic acid groups (broad SMARTS) is 1. The van der Waals surface area contributed by atoms with Crippen molar-refractivity contribution < 1.29 is 23.1 Å². The molecule has 1 saturated carbocycles. The van der Waals surface area contributed by atoms with E-state index in [-0.39, 0.29) is 22.6 Å². The van der Waals surface area contributed by atoms with Gasteiger partial charge in [-0.15, -0.1) is 0 Å². The number of nitrogens with zero attached hydrogens (tertiary/aromatic N) is 1. The van der Waals surface area contributed by atoms with E-state index in [1.54, 1.807) is 12.1 Å². The Morgan fingerprint density at radius 3 is 2.78 bits per heavy atom. The summed E-state index contributed by atoms with van der Waals surface area (Å²) < 4.78 is 32.3. The summed E-state index contributed by atoms with van der Waals surface area (Å²) in [5.74, 6) is 0.101. The third-order valence-corrected chi connectivity index (χ3v) is 7.02. The highest BCUT2D eigenvalue weighted by Crippen LogP contribution is 2.54. The number of sulfonamides is 1. The van der Waals surface area contributed by atoms with Crippen LogP contribution in [0.15, 0.2) is 23.1 Å². The third-order valence-electron chi connectivity index (χ3n) is 5.24. The fraction of sp³-hybridized carbons (Fsp3) is 0.562. The summed E-state index contributed by atoms with van der Waals surface area (Å²) in [4.78, 5) is 11.0. The molecule has 1 aromatic carbocycles. The van der Waals surface area contributed by atoms with Gasteiger partial charge in [0.15, 0.2) is 0 Å². The zero-order valence-corrected chi connectivity index (χ0v) is 13.5. The first-order valence-corrected chi connectivity index (χ1v) is 9.30. The van der Waals surface area contributed by atoms with Crippen molar-refractivity contribution in [3.05, 3.63) is 23.8 Å². The fourth-order valence-corrected chi connectivity index (χ4v) is 5.82. The molecule has 0 aromatic heterocycles. The fourth-order valence-electron chi connectivity index (χ4n) is 4.14. The molecule has 0 unspecified atom stereocenters. The molecule has 1 N–H and O–H groups in total. The van der Waals surface area contributed by atoms with Gasteiger partial charge in [-0.3, -0.25) is 4.79 Å². The van der Waals surface area contributed by atoms with Gasteiger partial charge in [-0.1, -0.05) is 6.07 Å². The van der Waals surface area contributed by atoms with Gasteiger partial charge in [-0.25, -0.2) is 8.42 Å². The molecule has 0 amide bonds. The quantitative estimate of drug-likeness (QED) is 0.900. The van der Waals surface area contributed by atoms with Gasteiger partial charge in [-0.05, 0) is 35.8 Å². The highest BCUT2D eigenvalue weighted by molar-refractivity contribution is 7.89. The zero-order valence-electron chi connectivity index (χ0n) is 12.7. The molecule has 1 aromatic rings. The second-order valence-corrected chi connectivity index (χ2v) is 8.95. The number of ether oxygens (including phenoxy) is 1. The summed E-state index contributed by atoms with van der Waals surface area (Å²) in [5.41, 5.74) is 1.07. The predicted octanol–water partition coefficient (Wildman–Crippen LogP) is 1.50. The molecule has 1 aliphatic carbocycles. The van der Waals surface area contributed by atoms with Crippen LogP contribution < -0.4 is 4.74 Å². The van der Waals surface area contributed by atoms with E-state index in [2.05, 4.69) is 0 Å². The smallest absolute Gasteiger partial charge is 0.303 e. The van der Waals surface area contributed by atoms with Crippen LogP contribution in [0.25, 0.3) is 0 Å². The van der Waals surface area contributed by atoms with Gasteiger partial charge in [0.25, 0.3) is 0 Å². The monoisotopic (exact) mass is 337 g/mol. The number of benzene rings is 1. The molecule has 124 valence electrons. The first kappa shape index (κ1) is 15.0. The molecule has 1 spiro atoms. The summed E-state index contributed by atoms with van der Waals surface area (Å²) >= 11 is 0. The molecule has 2 heterocycles. The van der Waals surface area contributed by atoms with Crippen LogP contribution >= 0.6 is 0 Å². The molecule has 2 aliphatic heterocycles. The predicted molar refractivity (Wildman–Crippen MR) is 81.8 cm³/mol. The van der Waals surface area contributed by atoms with Crippen molar-refractivity contribution in [3.8, 4) is 5.75 Å². The molecule has 1 saturated heterocycles. The van der Waals surface area contributed by atoms with Crippen LogP contribution in [0.4, 0.5) is 0 Å². The van der Waals surface area contributed by atoms with Crippen molar-refractivity contribution in [2.45, 2.75) is 30.6 Å². The molecule has 0 atom stereocenters. The van der Waals surface area contributed by atoms with Crippen molar-refractivity contribution in [2.75, 3.05) is 19.7 Å². The normalized spacial score (nSPS) is 23.0. The molecule has 4 rings (SSSR count). The Balaban J connectivity index is 1.43. The largest absolute Gasteiger partial charge is 0.493 e. The van der Waals surface area contributed by atoms with E-state index < -0.39 is 16.0 Å².